The summed E-state index contributed by atoms with van der Waals surface area (Å²) in [6.45, 7) is 21.3. The van der Waals surface area contributed by atoms with Gasteiger partial charge in [-0.2, -0.15) is 0 Å². The first kappa shape index (κ1) is 19.0. The molecule has 0 aromatic carbocycles. The first-order chi connectivity index (χ1) is 8.00. The van der Waals surface area contributed by atoms with Gasteiger partial charge in [-0.05, 0) is 49.8 Å². The normalized spacial score (nSPS) is 17.2. The number of rotatable bonds is 7. The van der Waals surface area contributed by atoms with Crippen molar-refractivity contribution < 1.29 is 0 Å². The highest BCUT2D eigenvalue weighted by atomic mass is 32.2. The van der Waals surface area contributed by atoms with E-state index in [0.717, 1.165) is 4.99 Å². The largest absolute Gasteiger partial charge is 0.290 e. The molecular weight excluding hydrogens is 291 g/mol. The predicted molar refractivity (Wildman–Crippen MR) is 97.1 cm³/mol. The summed E-state index contributed by atoms with van der Waals surface area (Å²) in [7, 11) is -2.37. The Morgan fingerprint density at radius 2 is 1.50 bits per heavy atom. The molecule has 2 unspecified atom stereocenters. The van der Waals surface area contributed by atoms with Gasteiger partial charge in [0.1, 0.15) is 8.24 Å². The maximum absolute atomic E-state index is 5.22. The van der Waals surface area contributed by atoms with Gasteiger partial charge in [-0.15, -0.1) is 0 Å². The molecule has 0 saturated heterocycles. The van der Waals surface area contributed by atoms with E-state index in [4.69, 9.17) is 4.03 Å². The van der Waals surface area contributed by atoms with E-state index < -0.39 is 16.5 Å². The van der Waals surface area contributed by atoms with Gasteiger partial charge in [0.15, 0.2) is 8.24 Å². The molecule has 0 aliphatic rings. The summed E-state index contributed by atoms with van der Waals surface area (Å²) in [5.41, 5.74) is 0. The van der Waals surface area contributed by atoms with E-state index in [1.807, 2.05) is 0 Å². The lowest BCUT2D eigenvalue weighted by Crippen LogP contribution is -2.45. The molecule has 0 aromatic heterocycles. The molecule has 0 fully saturated rings. The van der Waals surface area contributed by atoms with Gasteiger partial charge in [0.2, 0.25) is 0 Å². The Hall–Kier alpha value is 0.974. The summed E-state index contributed by atoms with van der Waals surface area (Å²) in [5.74, 6) is 0. The standard InChI is InChI=1S/C12H33N2PSSi2/c1-10-15(11-2)12(3)16(13-17(4,5)6)14-18(7,8)9/h12H,10-11H2,1-9H3,(H,13,14). The number of nitrogens with one attached hydrogen (secondary N) is 1. The van der Waals surface area contributed by atoms with Crippen molar-refractivity contribution in [3.8, 4) is 0 Å². The monoisotopic (exact) mass is 324 g/mol. The fourth-order valence-electron chi connectivity index (χ4n) is 1.67. The topological polar surface area (TPSA) is 24.4 Å². The van der Waals surface area contributed by atoms with Crippen LogP contribution in [-0.4, -0.2) is 33.8 Å². The minimum Gasteiger partial charge on any atom is -0.290 e. The summed E-state index contributed by atoms with van der Waals surface area (Å²) < 4.78 is 9.13. The number of nitrogens with zero attached hydrogens (tertiary/aromatic N) is 1. The Labute approximate surface area is 121 Å². The van der Waals surface area contributed by atoms with E-state index in [-0.39, 0.29) is 18.8 Å². The smallest absolute Gasteiger partial charge is 0.183 e. The number of hydrogen-bond donors (Lipinski definition) is 1. The van der Waals surface area contributed by atoms with Crippen molar-refractivity contribution in [1.82, 2.24) is 4.39 Å². The molecule has 2 atom stereocenters. The van der Waals surface area contributed by atoms with Gasteiger partial charge in [0.25, 0.3) is 0 Å². The van der Waals surface area contributed by atoms with Crippen molar-refractivity contribution in [2.75, 3.05) is 12.3 Å². The molecule has 0 spiro atoms. The molecule has 6 heteroatoms. The van der Waals surface area contributed by atoms with Crippen molar-refractivity contribution >= 4 is 35.3 Å². The van der Waals surface area contributed by atoms with E-state index >= 15 is 0 Å². The van der Waals surface area contributed by atoms with E-state index in [1.165, 1.54) is 12.3 Å². The molecule has 18 heavy (non-hydrogen) atoms. The molecule has 0 amide bonds. The van der Waals surface area contributed by atoms with Crippen molar-refractivity contribution in [3.05, 3.63) is 0 Å². The molecule has 0 aliphatic carbocycles. The molecule has 2 nitrogen and oxygen atoms in total. The third-order valence-corrected chi connectivity index (χ3v) is 13.5. The second-order valence-corrected chi connectivity index (χ2v) is 22.0. The van der Waals surface area contributed by atoms with Crippen LogP contribution >= 0.6 is 7.92 Å². The molecule has 0 rings (SSSR count). The van der Waals surface area contributed by atoms with Crippen LogP contribution in [0.1, 0.15) is 20.8 Å². The SMILES string of the molecule is CCP(CC)C(C)S(=N[Si](C)(C)C)N[Si](C)(C)C. The van der Waals surface area contributed by atoms with Crippen LogP contribution in [0.15, 0.2) is 4.03 Å². The van der Waals surface area contributed by atoms with E-state index in [2.05, 4.69) is 64.4 Å². The minimum atomic E-state index is -1.35. The fourth-order valence-corrected chi connectivity index (χ4v) is 12.8. The predicted octanol–water partition coefficient (Wildman–Crippen LogP) is 4.83. The summed E-state index contributed by atoms with van der Waals surface area (Å²) in [4.78, 5) is 0.744. The average molecular weight is 325 g/mol. The van der Waals surface area contributed by atoms with Crippen molar-refractivity contribution in [3.63, 3.8) is 0 Å². The van der Waals surface area contributed by atoms with Crippen LogP contribution in [0, 0.1) is 0 Å². The maximum atomic E-state index is 5.22. The van der Waals surface area contributed by atoms with E-state index in [9.17, 15) is 0 Å². The maximum Gasteiger partial charge on any atom is 0.183 e. The summed E-state index contributed by atoms with van der Waals surface area (Å²) in [6.07, 6.45) is 2.68. The molecule has 0 aromatic rings. The molecule has 0 aliphatic heterocycles. The van der Waals surface area contributed by atoms with Gasteiger partial charge in [-0.1, -0.05) is 41.4 Å². The highest BCUT2D eigenvalue weighted by Crippen LogP contribution is 2.42. The first-order valence-electron chi connectivity index (χ1n) is 6.98. The quantitative estimate of drug-likeness (QED) is 0.526. The third kappa shape index (κ3) is 8.21. The lowest BCUT2D eigenvalue weighted by molar-refractivity contribution is 1.26. The van der Waals surface area contributed by atoms with Crippen molar-refractivity contribution in [2.45, 2.75) is 65.0 Å². The van der Waals surface area contributed by atoms with Gasteiger partial charge in [-0.3, -0.25) is 8.42 Å². The molecule has 110 valence electrons. The average Bonchev–Trinajstić information content (AvgIpc) is 2.14. The highest BCUT2D eigenvalue weighted by Gasteiger charge is 2.25. The van der Waals surface area contributed by atoms with E-state index in [1.54, 1.807) is 0 Å². The first-order valence-corrected chi connectivity index (χ1v) is 17.0. The lowest BCUT2D eigenvalue weighted by atomic mass is 10.9. The molecule has 0 bridgehead atoms. The van der Waals surface area contributed by atoms with Crippen LogP contribution in [0.2, 0.25) is 39.3 Å². The highest BCUT2D eigenvalue weighted by molar-refractivity contribution is 7.95. The zero-order valence-corrected chi connectivity index (χ0v) is 17.5. The summed E-state index contributed by atoms with van der Waals surface area (Å²) in [6, 6.07) is 0. The van der Waals surface area contributed by atoms with Crippen LogP contribution < -0.4 is 4.39 Å². The second-order valence-electron chi connectivity index (χ2n) is 6.75. The Kier molecular flexibility index (Phi) is 8.09. The second kappa shape index (κ2) is 7.68. The zero-order chi connectivity index (χ0) is 14.6. The minimum absolute atomic E-state index is 0.0893. The number of hydrogen-bond acceptors (Lipinski definition) is 1. The van der Waals surface area contributed by atoms with Gasteiger partial charge in [0.05, 0.1) is 0 Å². The van der Waals surface area contributed by atoms with Crippen molar-refractivity contribution in [1.29, 1.82) is 0 Å². The summed E-state index contributed by atoms with van der Waals surface area (Å²) in [5, 5.41) is 0. The van der Waals surface area contributed by atoms with E-state index in [0.29, 0.717) is 0 Å². The molecular formula is C12H33N2PSSi2. The lowest BCUT2D eigenvalue weighted by Gasteiger charge is -2.31. The Bertz CT molecular complexity index is 281. The Morgan fingerprint density at radius 1 is 1.06 bits per heavy atom. The van der Waals surface area contributed by atoms with Gasteiger partial charge < -0.3 is 0 Å². The summed E-state index contributed by atoms with van der Waals surface area (Å²) >= 11 is 0. The van der Waals surface area contributed by atoms with Crippen molar-refractivity contribution in [2.24, 2.45) is 4.03 Å². The van der Waals surface area contributed by atoms with Crippen LogP contribution in [0.3, 0.4) is 0 Å². The van der Waals surface area contributed by atoms with Crippen LogP contribution in [0.5, 0.6) is 0 Å². The zero-order valence-electron chi connectivity index (χ0n) is 13.8. The molecule has 1 N–H and O–H groups in total. The molecule has 0 saturated carbocycles. The Morgan fingerprint density at radius 3 is 1.78 bits per heavy atom. The van der Waals surface area contributed by atoms with Gasteiger partial charge in [-0.25, -0.2) is 0 Å². The van der Waals surface area contributed by atoms with Gasteiger partial charge >= 0.3 is 0 Å². The molecule has 0 radical (unpaired) electrons. The van der Waals surface area contributed by atoms with Crippen LogP contribution in [0.4, 0.5) is 0 Å². The van der Waals surface area contributed by atoms with Gasteiger partial charge in [0, 0.05) is 4.99 Å². The van der Waals surface area contributed by atoms with Crippen LogP contribution in [-0.2, 0) is 10.9 Å². The Balaban J connectivity index is 5.16. The third-order valence-electron chi connectivity index (χ3n) is 2.43. The van der Waals surface area contributed by atoms with Crippen LogP contribution in [0.25, 0.3) is 0 Å². The fraction of sp³-hybridized carbons (Fsp3) is 1.00. The molecule has 0 heterocycles.